The Morgan fingerprint density at radius 3 is 2.82 bits per heavy atom. The Bertz CT molecular complexity index is 690. The van der Waals surface area contributed by atoms with Gasteiger partial charge in [-0.2, -0.15) is 4.98 Å². The molecule has 3 rings (SSSR count). The van der Waals surface area contributed by atoms with E-state index in [0.717, 1.165) is 16.8 Å². The first-order valence-electron chi connectivity index (χ1n) is 5.10. The molecule has 84 valence electrons. The largest absolute Gasteiger partial charge is 0.366 e. The molecule has 2 N–H and O–H groups in total. The van der Waals surface area contributed by atoms with Crippen LogP contribution in [0, 0.1) is 0 Å². The second kappa shape index (κ2) is 3.75. The van der Waals surface area contributed by atoms with Crippen LogP contribution in [0.1, 0.15) is 0 Å². The molecule has 0 aliphatic carbocycles. The Morgan fingerprint density at radius 1 is 1.12 bits per heavy atom. The third-order valence-corrected chi connectivity index (χ3v) is 2.74. The van der Waals surface area contributed by atoms with E-state index in [-0.39, 0.29) is 5.95 Å². The van der Waals surface area contributed by atoms with Crippen molar-refractivity contribution < 1.29 is 0 Å². The predicted molar refractivity (Wildman–Crippen MR) is 67.8 cm³/mol. The van der Waals surface area contributed by atoms with Gasteiger partial charge in [-0.1, -0.05) is 23.7 Å². The van der Waals surface area contributed by atoms with Crippen LogP contribution in [-0.2, 0) is 0 Å². The van der Waals surface area contributed by atoms with Crippen LogP contribution in [0.25, 0.3) is 16.8 Å². The van der Waals surface area contributed by atoms with E-state index in [1.54, 1.807) is 4.52 Å². The number of halogens is 1. The summed E-state index contributed by atoms with van der Waals surface area (Å²) in [7, 11) is 0. The van der Waals surface area contributed by atoms with Gasteiger partial charge >= 0.3 is 0 Å². The maximum absolute atomic E-state index is 5.96. The summed E-state index contributed by atoms with van der Waals surface area (Å²) in [6, 6.07) is 11.5. The summed E-state index contributed by atoms with van der Waals surface area (Å²) in [6.45, 7) is 0. The number of nitrogen functional groups attached to an aromatic ring is 1. The summed E-state index contributed by atoms with van der Waals surface area (Å²) >= 11 is 5.96. The average Bonchev–Trinajstić information content (AvgIpc) is 2.68. The van der Waals surface area contributed by atoms with E-state index in [1.165, 1.54) is 0 Å². The van der Waals surface area contributed by atoms with Crippen molar-refractivity contribution in [2.24, 2.45) is 0 Å². The maximum atomic E-state index is 5.96. The summed E-state index contributed by atoms with van der Waals surface area (Å²) in [6.07, 6.45) is 1.88. The highest BCUT2D eigenvalue weighted by atomic mass is 35.5. The van der Waals surface area contributed by atoms with Crippen LogP contribution in [0.4, 0.5) is 5.95 Å². The molecule has 3 aromatic rings. The number of fused-ring (bicyclic) bond motifs is 1. The highest BCUT2D eigenvalue weighted by molar-refractivity contribution is 6.30. The summed E-state index contributed by atoms with van der Waals surface area (Å²) in [5, 5.41) is 4.78. The second-order valence-corrected chi connectivity index (χ2v) is 4.14. The van der Waals surface area contributed by atoms with Crippen LogP contribution in [-0.4, -0.2) is 14.6 Å². The van der Waals surface area contributed by atoms with Gasteiger partial charge in [0.1, 0.15) is 0 Å². The molecule has 2 heterocycles. The van der Waals surface area contributed by atoms with Crippen molar-refractivity contribution in [1.29, 1.82) is 0 Å². The van der Waals surface area contributed by atoms with Crippen molar-refractivity contribution >= 4 is 23.2 Å². The number of nitrogens with zero attached hydrogens (tertiary/aromatic N) is 3. The van der Waals surface area contributed by atoms with Gasteiger partial charge in [0, 0.05) is 16.8 Å². The number of pyridine rings is 1. The highest BCUT2D eigenvalue weighted by Crippen LogP contribution is 2.22. The lowest BCUT2D eigenvalue weighted by Gasteiger charge is -2.02. The zero-order valence-corrected chi connectivity index (χ0v) is 9.59. The minimum Gasteiger partial charge on any atom is -0.366 e. The second-order valence-electron chi connectivity index (χ2n) is 3.70. The molecule has 0 radical (unpaired) electrons. The van der Waals surface area contributed by atoms with Crippen molar-refractivity contribution in [1.82, 2.24) is 14.6 Å². The van der Waals surface area contributed by atoms with Crippen molar-refractivity contribution in [3.8, 4) is 11.1 Å². The summed E-state index contributed by atoms with van der Waals surface area (Å²) in [5.41, 5.74) is 8.32. The fourth-order valence-corrected chi connectivity index (χ4v) is 1.93. The molecule has 0 spiro atoms. The van der Waals surface area contributed by atoms with Crippen LogP contribution >= 0.6 is 11.6 Å². The van der Waals surface area contributed by atoms with Crippen molar-refractivity contribution in [3.05, 3.63) is 47.6 Å². The molecule has 0 amide bonds. The molecule has 0 saturated heterocycles. The van der Waals surface area contributed by atoms with E-state index in [2.05, 4.69) is 10.1 Å². The molecule has 17 heavy (non-hydrogen) atoms. The third-order valence-electron chi connectivity index (χ3n) is 2.51. The van der Waals surface area contributed by atoms with Gasteiger partial charge in [0.25, 0.3) is 0 Å². The monoisotopic (exact) mass is 244 g/mol. The number of hydrogen-bond acceptors (Lipinski definition) is 3. The first kappa shape index (κ1) is 10.1. The van der Waals surface area contributed by atoms with E-state index in [1.807, 2.05) is 42.6 Å². The Balaban J connectivity index is 2.17. The van der Waals surface area contributed by atoms with Crippen LogP contribution in [0.3, 0.4) is 0 Å². The SMILES string of the molecule is Nc1nc2ccc(-c3cccc(Cl)c3)cn2n1. The van der Waals surface area contributed by atoms with Gasteiger partial charge in [0.05, 0.1) is 0 Å². The lowest BCUT2D eigenvalue weighted by molar-refractivity contribution is 0.969. The smallest absolute Gasteiger partial charge is 0.240 e. The summed E-state index contributed by atoms with van der Waals surface area (Å²) < 4.78 is 1.66. The molecule has 0 saturated carbocycles. The number of hydrogen-bond donors (Lipinski definition) is 1. The van der Waals surface area contributed by atoms with Gasteiger partial charge < -0.3 is 5.73 Å². The van der Waals surface area contributed by atoms with E-state index in [0.29, 0.717) is 5.02 Å². The minimum absolute atomic E-state index is 0.272. The summed E-state index contributed by atoms with van der Waals surface area (Å²) in [4.78, 5) is 4.07. The molecule has 0 fully saturated rings. The number of aromatic nitrogens is 3. The van der Waals surface area contributed by atoms with Crippen molar-refractivity contribution in [2.75, 3.05) is 5.73 Å². The van der Waals surface area contributed by atoms with Gasteiger partial charge in [-0.3, -0.25) is 0 Å². The van der Waals surface area contributed by atoms with Crippen LogP contribution in [0.2, 0.25) is 5.02 Å². The zero-order chi connectivity index (χ0) is 11.8. The molecule has 0 aliphatic heterocycles. The third kappa shape index (κ3) is 1.83. The molecular weight excluding hydrogens is 236 g/mol. The first-order valence-corrected chi connectivity index (χ1v) is 5.48. The highest BCUT2D eigenvalue weighted by Gasteiger charge is 2.03. The average molecular weight is 245 g/mol. The lowest BCUT2D eigenvalue weighted by atomic mass is 10.1. The topological polar surface area (TPSA) is 56.2 Å². The lowest BCUT2D eigenvalue weighted by Crippen LogP contribution is -1.90. The number of nitrogens with two attached hydrogens (primary N) is 1. The molecule has 0 unspecified atom stereocenters. The molecule has 4 nitrogen and oxygen atoms in total. The van der Waals surface area contributed by atoms with Crippen LogP contribution < -0.4 is 5.73 Å². The zero-order valence-electron chi connectivity index (χ0n) is 8.84. The number of rotatable bonds is 1. The fourth-order valence-electron chi connectivity index (χ4n) is 1.74. The van der Waals surface area contributed by atoms with Crippen LogP contribution in [0.15, 0.2) is 42.6 Å². The Kier molecular flexibility index (Phi) is 2.23. The van der Waals surface area contributed by atoms with E-state index < -0.39 is 0 Å². The fraction of sp³-hybridized carbons (Fsp3) is 0. The first-order chi connectivity index (χ1) is 8.22. The molecule has 1 aromatic carbocycles. The minimum atomic E-state index is 0.272. The quantitative estimate of drug-likeness (QED) is 0.716. The Labute approximate surface area is 103 Å². The number of anilines is 1. The van der Waals surface area contributed by atoms with Crippen molar-refractivity contribution in [2.45, 2.75) is 0 Å². The van der Waals surface area contributed by atoms with Crippen LogP contribution in [0.5, 0.6) is 0 Å². The molecule has 5 heteroatoms. The summed E-state index contributed by atoms with van der Waals surface area (Å²) in [5.74, 6) is 0.272. The molecular formula is C12H9ClN4. The van der Waals surface area contributed by atoms with Gasteiger partial charge in [-0.25, -0.2) is 4.52 Å². The normalized spacial score (nSPS) is 10.9. The Morgan fingerprint density at radius 2 is 2.00 bits per heavy atom. The number of benzene rings is 1. The van der Waals surface area contributed by atoms with E-state index in [9.17, 15) is 0 Å². The van der Waals surface area contributed by atoms with Gasteiger partial charge in [0.2, 0.25) is 5.95 Å². The maximum Gasteiger partial charge on any atom is 0.240 e. The van der Waals surface area contributed by atoms with E-state index in [4.69, 9.17) is 17.3 Å². The van der Waals surface area contributed by atoms with E-state index >= 15 is 0 Å². The van der Waals surface area contributed by atoms with Gasteiger partial charge in [-0.15, -0.1) is 5.10 Å². The molecule has 0 atom stereocenters. The van der Waals surface area contributed by atoms with Gasteiger partial charge in [0.15, 0.2) is 5.65 Å². The molecule has 2 aromatic heterocycles. The molecule has 0 bridgehead atoms. The standard InChI is InChI=1S/C12H9ClN4/c13-10-3-1-2-8(6-10)9-4-5-11-15-12(14)16-17(11)7-9/h1-7H,(H2,14,16). The predicted octanol–water partition coefficient (Wildman–Crippen LogP) is 2.63. The molecule has 0 aliphatic rings. The van der Waals surface area contributed by atoms with Crippen molar-refractivity contribution in [3.63, 3.8) is 0 Å². The van der Waals surface area contributed by atoms with Gasteiger partial charge in [-0.05, 0) is 29.8 Å². The Hall–Kier alpha value is -2.07.